The first kappa shape index (κ1) is 18.0. The van der Waals surface area contributed by atoms with E-state index in [1.165, 1.54) is 0 Å². The Labute approximate surface area is 153 Å². The molecule has 0 fully saturated rings. The lowest BCUT2D eigenvalue weighted by molar-refractivity contribution is -0.122. The molecule has 0 aliphatic carbocycles. The summed E-state index contributed by atoms with van der Waals surface area (Å²) in [5.74, 6) is 1.55. The van der Waals surface area contributed by atoms with Gasteiger partial charge >= 0.3 is 0 Å². The van der Waals surface area contributed by atoms with Crippen molar-refractivity contribution in [3.8, 4) is 5.75 Å². The first-order valence-electron chi connectivity index (χ1n) is 8.76. The van der Waals surface area contributed by atoms with Gasteiger partial charge in [-0.05, 0) is 38.2 Å². The fraction of sp³-hybridized carbons (Fsp3) is 0.286. The van der Waals surface area contributed by atoms with Gasteiger partial charge in [0.25, 0.3) is 0 Å². The standard InChI is InChI=1S/C21H24N2O3/c1-16(20-14-17-8-6-7-11-19(17)26-20)22-21(24)15-23(2)12-13-25-18-9-4-3-5-10-18/h3-11,14,16H,12-13,15H2,1-2H3,(H,22,24)/t16-/m1/s1. The number of benzene rings is 2. The number of hydrogen-bond donors (Lipinski definition) is 1. The number of nitrogens with one attached hydrogen (secondary N) is 1. The van der Waals surface area contributed by atoms with Crippen LogP contribution in [-0.4, -0.2) is 37.6 Å². The van der Waals surface area contributed by atoms with E-state index in [0.717, 1.165) is 22.5 Å². The van der Waals surface area contributed by atoms with Crippen molar-refractivity contribution >= 4 is 16.9 Å². The van der Waals surface area contributed by atoms with E-state index < -0.39 is 0 Å². The van der Waals surface area contributed by atoms with Crippen LogP contribution >= 0.6 is 0 Å². The van der Waals surface area contributed by atoms with Crippen molar-refractivity contribution in [3.05, 3.63) is 66.4 Å². The van der Waals surface area contributed by atoms with Crippen molar-refractivity contribution in [2.45, 2.75) is 13.0 Å². The summed E-state index contributed by atoms with van der Waals surface area (Å²) in [7, 11) is 1.90. The smallest absolute Gasteiger partial charge is 0.234 e. The van der Waals surface area contributed by atoms with Gasteiger partial charge in [0.2, 0.25) is 5.91 Å². The Bertz CT molecular complexity index is 812. The molecule has 0 spiro atoms. The van der Waals surface area contributed by atoms with Gasteiger partial charge in [-0.2, -0.15) is 0 Å². The van der Waals surface area contributed by atoms with Gasteiger partial charge in [-0.3, -0.25) is 9.69 Å². The minimum Gasteiger partial charge on any atom is -0.492 e. The second-order valence-electron chi connectivity index (χ2n) is 6.38. The second-order valence-corrected chi connectivity index (χ2v) is 6.38. The highest BCUT2D eigenvalue weighted by Crippen LogP contribution is 2.23. The van der Waals surface area contributed by atoms with Gasteiger partial charge in [-0.15, -0.1) is 0 Å². The first-order valence-corrected chi connectivity index (χ1v) is 8.76. The average Bonchev–Trinajstić information content (AvgIpc) is 3.07. The van der Waals surface area contributed by atoms with E-state index in [2.05, 4.69) is 5.32 Å². The summed E-state index contributed by atoms with van der Waals surface area (Å²) < 4.78 is 11.5. The van der Waals surface area contributed by atoms with Gasteiger partial charge < -0.3 is 14.5 Å². The summed E-state index contributed by atoms with van der Waals surface area (Å²) in [6, 6.07) is 19.3. The minimum atomic E-state index is -0.177. The van der Waals surface area contributed by atoms with Crippen LogP contribution < -0.4 is 10.1 Å². The van der Waals surface area contributed by atoms with E-state index in [1.807, 2.05) is 79.5 Å². The zero-order valence-corrected chi connectivity index (χ0v) is 15.1. The molecule has 0 saturated carbocycles. The van der Waals surface area contributed by atoms with Gasteiger partial charge in [0.15, 0.2) is 0 Å². The maximum absolute atomic E-state index is 12.3. The zero-order valence-electron chi connectivity index (χ0n) is 15.1. The summed E-state index contributed by atoms with van der Waals surface area (Å²) in [4.78, 5) is 14.2. The molecule has 1 N–H and O–H groups in total. The summed E-state index contributed by atoms with van der Waals surface area (Å²) in [5.41, 5.74) is 0.832. The Balaban J connectivity index is 1.43. The molecule has 2 aromatic carbocycles. The van der Waals surface area contributed by atoms with Gasteiger partial charge in [-0.25, -0.2) is 0 Å². The molecule has 5 heteroatoms. The number of ether oxygens (including phenoxy) is 1. The van der Waals surface area contributed by atoms with Crippen LogP contribution in [0.2, 0.25) is 0 Å². The van der Waals surface area contributed by atoms with Crippen molar-refractivity contribution in [1.82, 2.24) is 10.2 Å². The number of amides is 1. The number of para-hydroxylation sites is 2. The predicted molar refractivity (Wildman–Crippen MR) is 102 cm³/mol. The normalized spacial score (nSPS) is 12.3. The van der Waals surface area contributed by atoms with Crippen molar-refractivity contribution in [1.29, 1.82) is 0 Å². The lowest BCUT2D eigenvalue weighted by Gasteiger charge is -2.18. The van der Waals surface area contributed by atoms with Crippen LogP contribution in [0.15, 0.2) is 65.1 Å². The monoisotopic (exact) mass is 352 g/mol. The quantitative estimate of drug-likeness (QED) is 0.673. The van der Waals surface area contributed by atoms with Crippen LogP contribution in [0.3, 0.4) is 0 Å². The molecule has 0 saturated heterocycles. The molecule has 3 rings (SSSR count). The van der Waals surface area contributed by atoms with Gasteiger partial charge in [-0.1, -0.05) is 36.4 Å². The highest BCUT2D eigenvalue weighted by molar-refractivity contribution is 5.80. The number of carbonyl (C=O) groups excluding carboxylic acids is 1. The van der Waals surface area contributed by atoms with Crippen molar-refractivity contribution in [3.63, 3.8) is 0 Å². The molecule has 1 aromatic heterocycles. The Morgan fingerprint density at radius 1 is 1.15 bits per heavy atom. The molecule has 136 valence electrons. The van der Waals surface area contributed by atoms with E-state index in [0.29, 0.717) is 19.7 Å². The second kappa shape index (κ2) is 8.54. The van der Waals surface area contributed by atoms with E-state index in [1.54, 1.807) is 0 Å². The number of likely N-dealkylation sites (N-methyl/N-ethyl adjacent to an activating group) is 1. The van der Waals surface area contributed by atoms with Gasteiger partial charge in [0.1, 0.15) is 23.7 Å². The van der Waals surface area contributed by atoms with Crippen LogP contribution in [0.5, 0.6) is 5.75 Å². The third kappa shape index (κ3) is 4.86. The molecule has 1 atom stereocenters. The summed E-state index contributed by atoms with van der Waals surface area (Å²) >= 11 is 0. The highest BCUT2D eigenvalue weighted by atomic mass is 16.5. The number of fused-ring (bicyclic) bond motifs is 1. The minimum absolute atomic E-state index is 0.0415. The van der Waals surface area contributed by atoms with Crippen molar-refractivity contribution in [2.75, 3.05) is 26.7 Å². The fourth-order valence-corrected chi connectivity index (χ4v) is 2.73. The number of rotatable bonds is 8. The maximum atomic E-state index is 12.3. The Morgan fingerprint density at radius 2 is 1.88 bits per heavy atom. The molecule has 1 amide bonds. The summed E-state index contributed by atoms with van der Waals surface area (Å²) in [6.45, 7) is 3.44. The largest absolute Gasteiger partial charge is 0.492 e. The first-order chi connectivity index (χ1) is 12.6. The maximum Gasteiger partial charge on any atom is 0.234 e. The lowest BCUT2D eigenvalue weighted by atomic mass is 10.2. The van der Waals surface area contributed by atoms with E-state index in [9.17, 15) is 4.79 Å². The third-order valence-corrected chi connectivity index (χ3v) is 4.15. The predicted octanol–water partition coefficient (Wildman–Crippen LogP) is 3.62. The number of carbonyl (C=O) groups is 1. The van der Waals surface area contributed by atoms with Crippen molar-refractivity contribution in [2.24, 2.45) is 0 Å². The number of furan rings is 1. The molecular weight excluding hydrogens is 328 g/mol. The van der Waals surface area contributed by atoms with Crippen molar-refractivity contribution < 1.29 is 13.9 Å². The average molecular weight is 352 g/mol. The molecule has 5 nitrogen and oxygen atoms in total. The molecule has 0 radical (unpaired) electrons. The summed E-state index contributed by atoms with van der Waals surface area (Å²) in [6.07, 6.45) is 0. The van der Waals surface area contributed by atoms with Crippen LogP contribution in [0.1, 0.15) is 18.7 Å². The lowest BCUT2D eigenvalue weighted by Crippen LogP contribution is -2.37. The molecule has 1 heterocycles. The highest BCUT2D eigenvalue weighted by Gasteiger charge is 2.15. The molecule has 0 aliphatic rings. The van der Waals surface area contributed by atoms with E-state index in [-0.39, 0.29) is 11.9 Å². The Hall–Kier alpha value is -2.79. The third-order valence-electron chi connectivity index (χ3n) is 4.15. The number of hydrogen-bond acceptors (Lipinski definition) is 4. The fourth-order valence-electron chi connectivity index (χ4n) is 2.73. The van der Waals surface area contributed by atoms with Crippen LogP contribution in [0, 0.1) is 0 Å². The van der Waals surface area contributed by atoms with Crippen LogP contribution in [-0.2, 0) is 4.79 Å². The van der Waals surface area contributed by atoms with Crippen LogP contribution in [0.4, 0.5) is 0 Å². The SMILES string of the molecule is C[C@@H](NC(=O)CN(C)CCOc1ccccc1)c1cc2ccccc2o1. The molecule has 26 heavy (non-hydrogen) atoms. The Kier molecular flexibility index (Phi) is 5.92. The van der Waals surface area contributed by atoms with Gasteiger partial charge in [0.05, 0.1) is 12.6 Å². The Morgan fingerprint density at radius 3 is 2.65 bits per heavy atom. The topological polar surface area (TPSA) is 54.7 Å². The molecule has 0 bridgehead atoms. The number of nitrogens with zero attached hydrogens (tertiary/aromatic N) is 1. The van der Waals surface area contributed by atoms with Crippen LogP contribution in [0.25, 0.3) is 11.0 Å². The molecule has 0 unspecified atom stereocenters. The molecule has 3 aromatic rings. The van der Waals surface area contributed by atoms with E-state index >= 15 is 0 Å². The van der Waals surface area contributed by atoms with Gasteiger partial charge in [0, 0.05) is 11.9 Å². The molecular formula is C21H24N2O3. The summed E-state index contributed by atoms with van der Waals surface area (Å²) in [5, 5.41) is 4.02. The molecule has 0 aliphatic heterocycles. The zero-order chi connectivity index (χ0) is 18.4. The van der Waals surface area contributed by atoms with E-state index in [4.69, 9.17) is 9.15 Å².